The van der Waals surface area contributed by atoms with E-state index >= 15 is 0 Å². The largest absolute Gasteiger partial charge is 0.491 e. The molecule has 0 unspecified atom stereocenters. The summed E-state index contributed by atoms with van der Waals surface area (Å²) in [6.07, 6.45) is 3.44. The van der Waals surface area contributed by atoms with Gasteiger partial charge >= 0.3 is 0 Å². The topological polar surface area (TPSA) is 82.5 Å². The van der Waals surface area contributed by atoms with E-state index in [2.05, 4.69) is 9.82 Å². The first-order valence-electron chi connectivity index (χ1n) is 7.23. The van der Waals surface area contributed by atoms with Crippen molar-refractivity contribution >= 4 is 10.0 Å². The normalized spacial score (nSPS) is 13.0. The molecule has 7 nitrogen and oxygen atoms in total. The third-order valence-corrected chi connectivity index (χ3v) is 4.67. The molecule has 1 heterocycles. The van der Waals surface area contributed by atoms with Crippen molar-refractivity contribution in [2.24, 2.45) is 0 Å². The molecule has 0 aliphatic heterocycles. The number of benzene rings is 1. The van der Waals surface area contributed by atoms with Gasteiger partial charge in [0.1, 0.15) is 12.4 Å². The summed E-state index contributed by atoms with van der Waals surface area (Å²) in [5.41, 5.74) is 0. The average Bonchev–Trinajstić information content (AvgIpc) is 3.00. The van der Waals surface area contributed by atoms with Gasteiger partial charge in [-0.15, -0.1) is 0 Å². The minimum atomic E-state index is -3.58. The van der Waals surface area contributed by atoms with Gasteiger partial charge in [0.05, 0.1) is 18.0 Å². The van der Waals surface area contributed by atoms with E-state index in [0.717, 1.165) is 0 Å². The molecular weight excluding hydrogens is 318 g/mol. The van der Waals surface area contributed by atoms with E-state index in [1.54, 1.807) is 49.3 Å². The standard InChI is InChI=1S/C15H21N3O4S/c1-13(12-18-9-3-8-16-18)17-23(19,20)15-6-4-14(5-7-15)22-11-10-21-2/h3-9,13,17H,10-12H2,1-2H3/t13-/m0/s1. The van der Waals surface area contributed by atoms with Gasteiger partial charge in [0.2, 0.25) is 10.0 Å². The van der Waals surface area contributed by atoms with E-state index in [0.29, 0.717) is 25.5 Å². The van der Waals surface area contributed by atoms with Gasteiger partial charge in [-0.3, -0.25) is 4.68 Å². The minimum absolute atomic E-state index is 0.198. The van der Waals surface area contributed by atoms with Gasteiger partial charge in [0.15, 0.2) is 0 Å². The van der Waals surface area contributed by atoms with Crippen LogP contribution in [-0.2, 0) is 21.3 Å². The Morgan fingerprint density at radius 3 is 2.61 bits per heavy atom. The number of nitrogens with zero attached hydrogens (tertiary/aromatic N) is 2. The highest BCUT2D eigenvalue weighted by Crippen LogP contribution is 2.16. The lowest BCUT2D eigenvalue weighted by atomic mass is 10.3. The van der Waals surface area contributed by atoms with Crippen molar-refractivity contribution < 1.29 is 17.9 Å². The first-order valence-corrected chi connectivity index (χ1v) is 8.71. The highest BCUT2D eigenvalue weighted by molar-refractivity contribution is 7.89. The molecule has 8 heteroatoms. The number of aromatic nitrogens is 2. The molecule has 23 heavy (non-hydrogen) atoms. The molecule has 0 amide bonds. The maximum atomic E-state index is 12.3. The van der Waals surface area contributed by atoms with Gasteiger partial charge in [-0.1, -0.05) is 0 Å². The van der Waals surface area contributed by atoms with Crippen molar-refractivity contribution in [1.82, 2.24) is 14.5 Å². The second-order valence-electron chi connectivity index (χ2n) is 5.06. The molecule has 0 aliphatic rings. The van der Waals surface area contributed by atoms with Crippen LogP contribution < -0.4 is 9.46 Å². The van der Waals surface area contributed by atoms with E-state index in [1.807, 2.05) is 0 Å². The Morgan fingerprint density at radius 1 is 1.26 bits per heavy atom. The number of sulfonamides is 1. The van der Waals surface area contributed by atoms with Gasteiger partial charge in [-0.2, -0.15) is 5.10 Å². The molecule has 0 saturated heterocycles. The zero-order valence-corrected chi connectivity index (χ0v) is 14.0. The molecule has 0 bridgehead atoms. The van der Waals surface area contributed by atoms with Crippen LogP contribution in [0.3, 0.4) is 0 Å². The maximum Gasteiger partial charge on any atom is 0.240 e. The summed E-state index contributed by atoms with van der Waals surface area (Å²) in [6, 6.07) is 7.81. The molecule has 1 aromatic carbocycles. The zero-order chi connectivity index (χ0) is 16.7. The average molecular weight is 339 g/mol. The summed E-state index contributed by atoms with van der Waals surface area (Å²) in [5, 5.41) is 4.06. The van der Waals surface area contributed by atoms with Crippen LogP contribution >= 0.6 is 0 Å². The predicted molar refractivity (Wildman–Crippen MR) is 85.8 cm³/mol. The summed E-state index contributed by atoms with van der Waals surface area (Å²) in [6.45, 7) is 3.15. The zero-order valence-electron chi connectivity index (χ0n) is 13.2. The summed E-state index contributed by atoms with van der Waals surface area (Å²) < 4.78 is 39.3. The van der Waals surface area contributed by atoms with Crippen molar-refractivity contribution in [3.63, 3.8) is 0 Å². The van der Waals surface area contributed by atoms with Crippen LogP contribution in [0.25, 0.3) is 0 Å². The Kier molecular flexibility index (Phi) is 6.14. The molecule has 1 N–H and O–H groups in total. The quantitative estimate of drug-likeness (QED) is 0.696. The van der Waals surface area contributed by atoms with Gasteiger partial charge in [0, 0.05) is 25.5 Å². The Balaban J connectivity index is 1.95. The van der Waals surface area contributed by atoms with Crippen LogP contribution in [0.5, 0.6) is 5.75 Å². The molecule has 2 rings (SSSR count). The van der Waals surface area contributed by atoms with E-state index in [4.69, 9.17) is 9.47 Å². The molecule has 1 atom stereocenters. The second kappa shape index (κ2) is 8.09. The van der Waals surface area contributed by atoms with Crippen molar-refractivity contribution in [2.75, 3.05) is 20.3 Å². The number of hydrogen-bond acceptors (Lipinski definition) is 5. The van der Waals surface area contributed by atoms with E-state index in [9.17, 15) is 8.42 Å². The van der Waals surface area contributed by atoms with Crippen LogP contribution in [0, 0.1) is 0 Å². The fourth-order valence-electron chi connectivity index (χ4n) is 2.02. The molecule has 0 aliphatic carbocycles. The van der Waals surface area contributed by atoms with Gasteiger partial charge in [-0.25, -0.2) is 13.1 Å². The maximum absolute atomic E-state index is 12.3. The number of rotatable bonds is 9. The monoisotopic (exact) mass is 339 g/mol. The third kappa shape index (κ3) is 5.34. The summed E-state index contributed by atoms with van der Waals surface area (Å²) in [4.78, 5) is 0.198. The van der Waals surface area contributed by atoms with Crippen LogP contribution in [0.15, 0.2) is 47.6 Å². The first kappa shape index (κ1) is 17.5. The van der Waals surface area contributed by atoms with Gasteiger partial charge in [0.25, 0.3) is 0 Å². The Morgan fingerprint density at radius 2 is 2.00 bits per heavy atom. The molecule has 2 aromatic rings. The Labute approximate surface area is 136 Å². The molecule has 0 radical (unpaired) electrons. The molecular formula is C15H21N3O4S. The molecule has 0 saturated carbocycles. The molecule has 126 valence electrons. The van der Waals surface area contributed by atoms with Crippen LogP contribution in [0.1, 0.15) is 6.92 Å². The van der Waals surface area contributed by atoms with Crippen molar-refractivity contribution in [3.8, 4) is 5.75 Å². The molecule has 0 spiro atoms. The van der Waals surface area contributed by atoms with Crippen LogP contribution in [0.4, 0.5) is 0 Å². The smallest absolute Gasteiger partial charge is 0.240 e. The fourth-order valence-corrected chi connectivity index (χ4v) is 3.25. The predicted octanol–water partition coefficient (Wildman–Crippen LogP) is 1.28. The van der Waals surface area contributed by atoms with Crippen molar-refractivity contribution in [3.05, 3.63) is 42.7 Å². The third-order valence-electron chi connectivity index (χ3n) is 3.07. The van der Waals surface area contributed by atoms with Crippen LogP contribution in [0.2, 0.25) is 0 Å². The highest BCUT2D eigenvalue weighted by atomic mass is 32.2. The van der Waals surface area contributed by atoms with E-state index < -0.39 is 10.0 Å². The lowest BCUT2D eigenvalue weighted by molar-refractivity contribution is 0.146. The summed E-state index contributed by atoms with van der Waals surface area (Å²) in [7, 11) is -1.98. The SMILES string of the molecule is COCCOc1ccc(S(=O)(=O)N[C@@H](C)Cn2cccn2)cc1. The summed E-state index contributed by atoms with van der Waals surface area (Å²) in [5.74, 6) is 0.602. The lowest BCUT2D eigenvalue weighted by Crippen LogP contribution is -2.35. The van der Waals surface area contributed by atoms with E-state index in [-0.39, 0.29) is 10.9 Å². The minimum Gasteiger partial charge on any atom is -0.491 e. The first-order chi connectivity index (χ1) is 11.0. The van der Waals surface area contributed by atoms with Crippen molar-refractivity contribution in [1.29, 1.82) is 0 Å². The second-order valence-corrected chi connectivity index (χ2v) is 6.78. The Bertz CT molecular complexity index is 684. The highest BCUT2D eigenvalue weighted by Gasteiger charge is 2.17. The van der Waals surface area contributed by atoms with Crippen molar-refractivity contribution in [2.45, 2.75) is 24.4 Å². The summed E-state index contributed by atoms with van der Waals surface area (Å²) >= 11 is 0. The van der Waals surface area contributed by atoms with Gasteiger partial charge in [-0.05, 0) is 37.3 Å². The number of methoxy groups -OCH3 is 1. The molecule has 0 fully saturated rings. The Hall–Kier alpha value is -1.90. The fraction of sp³-hybridized carbons (Fsp3) is 0.400. The number of nitrogens with one attached hydrogen (secondary N) is 1. The van der Waals surface area contributed by atoms with Crippen LogP contribution in [-0.4, -0.2) is 44.6 Å². The lowest BCUT2D eigenvalue weighted by Gasteiger charge is -2.14. The molecule has 1 aromatic heterocycles. The number of ether oxygens (including phenoxy) is 2. The van der Waals surface area contributed by atoms with Gasteiger partial charge < -0.3 is 9.47 Å². The number of hydrogen-bond donors (Lipinski definition) is 1. The van der Waals surface area contributed by atoms with E-state index in [1.165, 1.54) is 12.1 Å².